The molecule has 1 saturated heterocycles. The van der Waals surface area contributed by atoms with Gasteiger partial charge in [-0.1, -0.05) is 15.9 Å². The lowest BCUT2D eigenvalue weighted by Crippen LogP contribution is -2.46. The first kappa shape index (κ1) is 15.3. The first-order chi connectivity index (χ1) is 10.1. The largest absolute Gasteiger partial charge is 0.496 e. The first-order valence-corrected chi connectivity index (χ1v) is 8.24. The van der Waals surface area contributed by atoms with E-state index in [1.165, 1.54) is 5.56 Å². The quantitative estimate of drug-likeness (QED) is 0.905. The maximum atomic E-state index is 6.18. The second-order valence-electron chi connectivity index (χ2n) is 5.94. The number of benzene rings is 1. The molecule has 1 aromatic rings. The minimum Gasteiger partial charge on any atom is -0.496 e. The highest BCUT2D eigenvalue weighted by Gasteiger charge is 2.47. The van der Waals surface area contributed by atoms with Crippen LogP contribution >= 0.6 is 15.9 Å². The zero-order valence-corrected chi connectivity index (χ0v) is 13.9. The van der Waals surface area contributed by atoms with Crippen LogP contribution in [0.3, 0.4) is 0 Å². The number of nitrogens with two attached hydrogens (primary N) is 1. The summed E-state index contributed by atoms with van der Waals surface area (Å²) in [5.41, 5.74) is 7.31. The molecule has 4 nitrogen and oxygen atoms in total. The van der Waals surface area contributed by atoms with Gasteiger partial charge in [0.15, 0.2) is 5.79 Å². The van der Waals surface area contributed by atoms with Gasteiger partial charge in [-0.2, -0.15) is 0 Å². The van der Waals surface area contributed by atoms with Crippen molar-refractivity contribution in [3.05, 3.63) is 28.2 Å². The van der Waals surface area contributed by atoms with Crippen LogP contribution in [0.15, 0.2) is 22.7 Å². The van der Waals surface area contributed by atoms with E-state index in [-0.39, 0.29) is 11.2 Å². The Morgan fingerprint density at radius 1 is 1.19 bits per heavy atom. The van der Waals surface area contributed by atoms with E-state index in [0.717, 1.165) is 35.9 Å². The van der Waals surface area contributed by atoms with Gasteiger partial charge in [0.05, 0.1) is 20.3 Å². The monoisotopic (exact) mass is 355 g/mol. The van der Waals surface area contributed by atoms with E-state index in [0.29, 0.717) is 19.8 Å². The summed E-state index contributed by atoms with van der Waals surface area (Å²) in [5.74, 6) is 0.547. The van der Waals surface area contributed by atoms with Crippen LogP contribution in [0.25, 0.3) is 0 Å². The Bertz CT molecular complexity index is 504. The van der Waals surface area contributed by atoms with Gasteiger partial charge in [0.1, 0.15) is 5.75 Å². The molecule has 2 fully saturated rings. The average Bonchev–Trinajstić information content (AvgIpc) is 2.97. The third-order valence-corrected chi connectivity index (χ3v) is 5.40. The Labute approximate surface area is 134 Å². The molecular formula is C16H22BrNO3. The highest BCUT2D eigenvalue weighted by Crippen LogP contribution is 2.48. The predicted octanol–water partition coefficient (Wildman–Crippen LogP) is 2.97. The SMILES string of the molecule is COc1ccc(Br)cc1C1(CN)CCC2(CC1)OCCO2. The summed E-state index contributed by atoms with van der Waals surface area (Å²) in [4.78, 5) is 0. The van der Waals surface area contributed by atoms with E-state index in [4.69, 9.17) is 19.9 Å². The zero-order valence-electron chi connectivity index (χ0n) is 12.4. The Morgan fingerprint density at radius 3 is 2.43 bits per heavy atom. The van der Waals surface area contributed by atoms with Crippen molar-refractivity contribution in [3.8, 4) is 5.75 Å². The molecule has 0 unspecified atom stereocenters. The number of rotatable bonds is 3. The third kappa shape index (κ3) is 2.72. The summed E-state index contributed by atoms with van der Waals surface area (Å²) in [6, 6.07) is 6.14. The van der Waals surface area contributed by atoms with Crippen LogP contribution in [0.1, 0.15) is 31.2 Å². The Kier molecular flexibility index (Phi) is 4.28. The molecule has 0 amide bonds. The maximum Gasteiger partial charge on any atom is 0.168 e. The molecule has 1 heterocycles. The standard InChI is InChI=1S/C16H22BrNO3/c1-19-14-3-2-12(17)10-13(14)15(11-18)4-6-16(7-5-15)20-8-9-21-16/h2-3,10H,4-9,11,18H2,1H3. The Hall–Kier alpha value is -0.620. The molecule has 1 aliphatic carbocycles. The molecule has 1 aromatic carbocycles. The zero-order chi connectivity index (χ0) is 14.9. The van der Waals surface area contributed by atoms with E-state index in [1.807, 2.05) is 12.1 Å². The smallest absolute Gasteiger partial charge is 0.168 e. The van der Waals surface area contributed by atoms with Gasteiger partial charge in [-0.05, 0) is 31.0 Å². The van der Waals surface area contributed by atoms with Crippen molar-refractivity contribution in [2.45, 2.75) is 36.9 Å². The molecule has 1 aliphatic heterocycles. The van der Waals surface area contributed by atoms with Gasteiger partial charge < -0.3 is 19.9 Å². The number of hydrogen-bond acceptors (Lipinski definition) is 4. The lowest BCUT2D eigenvalue weighted by Gasteiger charge is -2.44. The highest BCUT2D eigenvalue weighted by molar-refractivity contribution is 9.10. The summed E-state index contributed by atoms with van der Waals surface area (Å²) >= 11 is 3.56. The molecule has 116 valence electrons. The van der Waals surface area contributed by atoms with Gasteiger partial charge >= 0.3 is 0 Å². The summed E-state index contributed by atoms with van der Waals surface area (Å²) < 4.78 is 18.3. The average molecular weight is 356 g/mol. The van der Waals surface area contributed by atoms with Crippen LogP contribution in [0, 0.1) is 0 Å². The number of methoxy groups -OCH3 is 1. The minimum absolute atomic E-state index is 0.0598. The van der Waals surface area contributed by atoms with Crippen molar-refractivity contribution in [1.29, 1.82) is 0 Å². The van der Waals surface area contributed by atoms with Gasteiger partial charge in [-0.25, -0.2) is 0 Å². The molecule has 1 spiro atoms. The van der Waals surface area contributed by atoms with Gasteiger partial charge in [-0.3, -0.25) is 0 Å². The topological polar surface area (TPSA) is 53.7 Å². The van der Waals surface area contributed by atoms with Gasteiger partial charge in [-0.15, -0.1) is 0 Å². The van der Waals surface area contributed by atoms with Crippen molar-refractivity contribution in [2.75, 3.05) is 26.9 Å². The summed E-state index contributed by atoms with van der Waals surface area (Å²) in [5, 5.41) is 0. The van der Waals surface area contributed by atoms with E-state index in [9.17, 15) is 0 Å². The second kappa shape index (κ2) is 5.88. The molecule has 0 bridgehead atoms. The van der Waals surface area contributed by atoms with Crippen LogP contribution in [0.2, 0.25) is 0 Å². The second-order valence-corrected chi connectivity index (χ2v) is 6.85. The van der Waals surface area contributed by atoms with Crippen molar-refractivity contribution < 1.29 is 14.2 Å². The molecule has 2 aliphatic rings. The highest BCUT2D eigenvalue weighted by atomic mass is 79.9. The first-order valence-electron chi connectivity index (χ1n) is 7.45. The third-order valence-electron chi connectivity index (χ3n) is 4.91. The fourth-order valence-corrected chi connectivity index (χ4v) is 3.93. The van der Waals surface area contributed by atoms with Crippen molar-refractivity contribution >= 4 is 15.9 Å². The Balaban J connectivity index is 1.90. The number of hydrogen-bond donors (Lipinski definition) is 1. The molecule has 3 rings (SSSR count). The van der Waals surface area contributed by atoms with E-state index < -0.39 is 0 Å². The van der Waals surface area contributed by atoms with E-state index >= 15 is 0 Å². The van der Waals surface area contributed by atoms with Crippen LogP contribution < -0.4 is 10.5 Å². The Morgan fingerprint density at radius 2 is 1.86 bits per heavy atom. The normalized spacial score (nSPS) is 23.4. The molecule has 1 saturated carbocycles. The van der Waals surface area contributed by atoms with Crippen LogP contribution in [-0.4, -0.2) is 32.7 Å². The summed E-state index contributed by atoms with van der Waals surface area (Å²) in [6.45, 7) is 2.02. The number of halogens is 1. The molecule has 5 heteroatoms. The van der Waals surface area contributed by atoms with Crippen LogP contribution in [0.5, 0.6) is 5.75 Å². The molecule has 21 heavy (non-hydrogen) atoms. The molecular weight excluding hydrogens is 334 g/mol. The van der Waals surface area contributed by atoms with Gasteiger partial charge in [0.2, 0.25) is 0 Å². The summed E-state index contributed by atoms with van der Waals surface area (Å²) in [6.07, 6.45) is 3.69. The van der Waals surface area contributed by atoms with Crippen molar-refractivity contribution in [3.63, 3.8) is 0 Å². The van der Waals surface area contributed by atoms with Crippen LogP contribution in [-0.2, 0) is 14.9 Å². The van der Waals surface area contributed by atoms with E-state index in [2.05, 4.69) is 22.0 Å². The lowest BCUT2D eigenvalue weighted by molar-refractivity contribution is -0.184. The summed E-state index contributed by atoms with van der Waals surface area (Å²) in [7, 11) is 1.71. The maximum absolute atomic E-state index is 6.18. The van der Waals surface area contributed by atoms with Crippen LogP contribution in [0.4, 0.5) is 0 Å². The fraction of sp³-hybridized carbons (Fsp3) is 0.625. The molecule has 0 radical (unpaired) electrons. The van der Waals surface area contributed by atoms with Gasteiger partial charge in [0, 0.05) is 34.8 Å². The van der Waals surface area contributed by atoms with Gasteiger partial charge in [0.25, 0.3) is 0 Å². The molecule has 0 aromatic heterocycles. The fourth-order valence-electron chi connectivity index (χ4n) is 3.57. The lowest BCUT2D eigenvalue weighted by atomic mass is 9.67. The molecule has 0 atom stereocenters. The predicted molar refractivity (Wildman–Crippen MR) is 84.5 cm³/mol. The molecule has 2 N–H and O–H groups in total. The number of ether oxygens (including phenoxy) is 3. The van der Waals surface area contributed by atoms with Crippen molar-refractivity contribution in [1.82, 2.24) is 0 Å². The van der Waals surface area contributed by atoms with E-state index in [1.54, 1.807) is 7.11 Å². The minimum atomic E-state index is -0.363. The van der Waals surface area contributed by atoms with Crippen molar-refractivity contribution in [2.24, 2.45) is 5.73 Å².